The Morgan fingerprint density at radius 1 is 1.25 bits per heavy atom. The fraction of sp³-hybridized carbons (Fsp3) is 0.900. The molecule has 1 atom stereocenters. The fourth-order valence-corrected chi connectivity index (χ4v) is 2.46. The van der Waals surface area contributed by atoms with Crippen LogP contribution in [0.5, 0.6) is 0 Å². The molecule has 2 nitrogen and oxygen atoms in total. The lowest BCUT2D eigenvalue weighted by Gasteiger charge is -2.17. The van der Waals surface area contributed by atoms with E-state index in [2.05, 4.69) is 4.74 Å². The molecule has 0 N–H and O–H groups in total. The average molecular weight is 242 g/mol. The van der Waals surface area contributed by atoms with Gasteiger partial charge in [0.25, 0.3) is 12.9 Å². The number of ether oxygens (including phenoxy) is 1. The highest BCUT2D eigenvalue weighted by Gasteiger charge is 2.83. The summed E-state index contributed by atoms with van der Waals surface area (Å²) in [5, 5.41) is 0. The van der Waals surface area contributed by atoms with E-state index in [-0.39, 0.29) is 6.61 Å². The van der Waals surface area contributed by atoms with E-state index in [1.807, 2.05) is 0 Å². The van der Waals surface area contributed by atoms with Crippen LogP contribution in [-0.2, 0) is 9.53 Å². The van der Waals surface area contributed by atoms with Gasteiger partial charge < -0.3 is 4.74 Å². The Hall–Kier alpha value is -0.810. The third kappa shape index (κ3) is 1.42. The van der Waals surface area contributed by atoms with Crippen LogP contribution in [0.2, 0.25) is 0 Å². The molecule has 1 fully saturated rings. The third-order valence-corrected chi connectivity index (χ3v) is 3.48. The minimum atomic E-state index is -3.24. The van der Waals surface area contributed by atoms with Crippen molar-refractivity contribution in [1.82, 2.24) is 0 Å². The zero-order chi connectivity index (χ0) is 12.7. The number of carbonyl (C=O) groups is 1. The number of rotatable bonds is 4. The first-order valence-corrected chi connectivity index (χ1v) is 4.97. The smallest absolute Gasteiger partial charge is 0.310 e. The van der Waals surface area contributed by atoms with Crippen molar-refractivity contribution in [2.75, 3.05) is 6.61 Å². The van der Waals surface area contributed by atoms with Crippen molar-refractivity contribution in [2.24, 2.45) is 16.7 Å². The van der Waals surface area contributed by atoms with Crippen molar-refractivity contribution in [2.45, 2.75) is 33.6 Å². The molecule has 1 rings (SSSR count). The summed E-state index contributed by atoms with van der Waals surface area (Å²) in [5.74, 6) is -2.40. The molecule has 0 saturated heterocycles. The Balaban J connectivity index is 3.01. The normalized spacial score (nSPS) is 25.9. The molecule has 0 aromatic rings. The number of hydrogen-bond acceptors (Lipinski definition) is 2. The highest BCUT2D eigenvalue weighted by molar-refractivity contribution is 5.79. The summed E-state index contributed by atoms with van der Waals surface area (Å²) in [6.45, 7) is 3.98. The van der Waals surface area contributed by atoms with Crippen LogP contribution in [0.15, 0.2) is 0 Å². The van der Waals surface area contributed by atoms with E-state index >= 15 is 0 Å². The van der Waals surface area contributed by atoms with Gasteiger partial charge in [-0.3, -0.25) is 4.79 Å². The zero-order valence-corrected chi connectivity index (χ0v) is 9.27. The van der Waals surface area contributed by atoms with E-state index in [9.17, 15) is 22.4 Å². The Morgan fingerprint density at radius 2 is 1.69 bits per heavy atom. The summed E-state index contributed by atoms with van der Waals surface area (Å²) in [6.07, 6.45) is -6.48. The highest BCUT2D eigenvalue weighted by atomic mass is 19.3. The first kappa shape index (κ1) is 13.3. The summed E-state index contributed by atoms with van der Waals surface area (Å²) in [6, 6.07) is 0. The third-order valence-electron chi connectivity index (χ3n) is 3.48. The van der Waals surface area contributed by atoms with Crippen LogP contribution in [-0.4, -0.2) is 25.4 Å². The topological polar surface area (TPSA) is 26.3 Å². The standard InChI is InChI=1S/C10H14F4O2/c1-4-16-6(15)5-9(2,3)10(5,7(11)12)8(13)14/h5,7-8H,4H2,1-3H3. The van der Waals surface area contributed by atoms with Gasteiger partial charge in [-0.15, -0.1) is 0 Å². The SMILES string of the molecule is CCOC(=O)C1C(C)(C)C1(C(F)F)C(F)F. The Morgan fingerprint density at radius 3 is 1.94 bits per heavy atom. The van der Waals surface area contributed by atoms with Gasteiger partial charge in [0.1, 0.15) is 5.41 Å². The minimum absolute atomic E-state index is 0.00598. The number of alkyl halides is 4. The predicted octanol–water partition coefficient (Wildman–Crippen LogP) is 2.72. The van der Waals surface area contributed by atoms with Crippen molar-refractivity contribution in [3.8, 4) is 0 Å². The van der Waals surface area contributed by atoms with E-state index in [0.29, 0.717) is 0 Å². The number of carbonyl (C=O) groups excluding carboxylic acids is 1. The van der Waals surface area contributed by atoms with Gasteiger partial charge in [-0.2, -0.15) is 0 Å². The second-order valence-electron chi connectivity index (χ2n) is 4.44. The monoisotopic (exact) mass is 242 g/mol. The van der Waals surface area contributed by atoms with Crippen molar-refractivity contribution >= 4 is 5.97 Å². The predicted molar refractivity (Wildman–Crippen MR) is 48.3 cm³/mol. The van der Waals surface area contributed by atoms with Gasteiger partial charge in [-0.1, -0.05) is 13.8 Å². The first-order valence-electron chi connectivity index (χ1n) is 4.97. The molecule has 0 aromatic carbocycles. The van der Waals surface area contributed by atoms with E-state index in [1.54, 1.807) is 0 Å². The minimum Gasteiger partial charge on any atom is -0.466 e. The van der Waals surface area contributed by atoms with Gasteiger partial charge in [0.2, 0.25) is 0 Å². The van der Waals surface area contributed by atoms with Crippen molar-refractivity contribution in [3.63, 3.8) is 0 Å². The summed E-state index contributed by atoms with van der Waals surface area (Å²) in [4.78, 5) is 11.4. The molecule has 0 radical (unpaired) electrons. The number of esters is 1. The number of halogens is 4. The molecule has 94 valence electrons. The summed E-state index contributed by atoms with van der Waals surface area (Å²) >= 11 is 0. The maximum Gasteiger partial charge on any atom is 0.310 e. The summed E-state index contributed by atoms with van der Waals surface area (Å²) in [7, 11) is 0. The largest absolute Gasteiger partial charge is 0.466 e. The quantitative estimate of drug-likeness (QED) is 0.559. The Labute approximate surface area is 91.0 Å². The molecule has 0 bridgehead atoms. The molecule has 0 aliphatic heterocycles. The lowest BCUT2D eigenvalue weighted by Crippen LogP contribution is -2.29. The van der Waals surface area contributed by atoms with Crippen LogP contribution in [0.1, 0.15) is 20.8 Å². The van der Waals surface area contributed by atoms with E-state index in [1.165, 1.54) is 20.8 Å². The second kappa shape index (κ2) is 3.89. The lowest BCUT2D eigenvalue weighted by molar-refractivity contribution is -0.149. The molecule has 0 heterocycles. The average Bonchev–Trinajstić information content (AvgIpc) is 2.64. The molecule has 1 unspecified atom stereocenters. The molecular formula is C10H14F4O2. The Bertz CT molecular complexity index is 281. The fourth-order valence-electron chi connectivity index (χ4n) is 2.46. The maximum absolute atomic E-state index is 12.8. The highest BCUT2D eigenvalue weighted by Crippen LogP contribution is 2.74. The van der Waals surface area contributed by atoms with E-state index < -0.39 is 35.6 Å². The molecule has 1 aliphatic rings. The van der Waals surface area contributed by atoms with Crippen molar-refractivity contribution < 1.29 is 27.1 Å². The number of hydrogen-bond donors (Lipinski definition) is 0. The van der Waals surface area contributed by atoms with Crippen molar-refractivity contribution in [3.05, 3.63) is 0 Å². The second-order valence-corrected chi connectivity index (χ2v) is 4.44. The van der Waals surface area contributed by atoms with Crippen LogP contribution in [0.3, 0.4) is 0 Å². The molecule has 16 heavy (non-hydrogen) atoms. The summed E-state index contributed by atoms with van der Waals surface area (Å²) in [5.41, 5.74) is -3.99. The Kier molecular flexibility index (Phi) is 3.22. The van der Waals surface area contributed by atoms with Gasteiger partial charge in [0.05, 0.1) is 12.5 Å². The van der Waals surface area contributed by atoms with Crippen LogP contribution in [0.25, 0.3) is 0 Å². The van der Waals surface area contributed by atoms with Crippen molar-refractivity contribution in [1.29, 1.82) is 0 Å². The van der Waals surface area contributed by atoms with E-state index in [4.69, 9.17) is 0 Å². The molecule has 0 amide bonds. The summed E-state index contributed by atoms with van der Waals surface area (Å²) < 4.78 is 55.7. The van der Waals surface area contributed by atoms with Crippen LogP contribution < -0.4 is 0 Å². The molecule has 6 heteroatoms. The zero-order valence-electron chi connectivity index (χ0n) is 9.27. The van der Waals surface area contributed by atoms with Gasteiger partial charge in [0, 0.05) is 0 Å². The van der Waals surface area contributed by atoms with Gasteiger partial charge in [-0.25, -0.2) is 17.6 Å². The van der Waals surface area contributed by atoms with Gasteiger partial charge in [0.15, 0.2) is 0 Å². The molecule has 0 aromatic heterocycles. The first-order chi connectivity index (χ1) is 7.24. The molecular weight excluding hydrogens is 228 g/mol. The molecule has 1 aliphatic carbocycles. The maximum atomic E-state index is 12.8. The molecule has 1 saturated carbocycles. The van der Waals surface area contributed by atoms with Gasteiger partial charge in [-0.05, 0) is 12.3 Å². The van der Waals surface area contributed by atoms with E-state index in [0.717, 1.165) is 0 Å². The van der Waals surface area contributed by atoms with Crippen LogP contribution in [0, 0.1) is 16.7 Å². The van der Waals surface area contributed by atoms with Crippen LogP contribution in [0.4, 0.5) is 17.6 Å². The van der Waals surface area contributed by atoms with Crippen LogP contribution >= 0.6 is 0 Å². The molecule has 0 spiro atoms. The van der Waals surface area contributed by atoms with Gasteiger partial charge >= 0.3 is 5.97 Å². The lowest BCUT2D eigenvalue weighted by atomic mass is 9.97.